The van der Waals surface area contributed by atoms with E-state index in [-0.39, 0.29) is 23.2 Å². The van der Waals surface area contributed by atoms with Crippen LogP contribution in [0.1, 0.15) is 44.2 Å². The van der Waals surface area contributed by atoms with Gasteiger partial charge in [0.05, 0.1) is 18.3 Å². The van der Waals surface area contributed by atoms with E-state index >= 15 is 0 Å². The van der Waals surface area contributed by atoms with Gasteiger partial charge in [-0.25, -0.2) is 9.37 Å². The van der Waals surface area contributed by atoms with Gasteiger partial charge in [0.2, 0.25) is 0 Å². The monoisotopic (exact) mass is 489 g/mol. The van der Waals surface area contributed by atoms with Gasteiger partial charge in [0.1, 0.15) is 17.3 Å². The number of anilines is 2. The number of ether oxygens (including phenoxy) is 1. The molecule has 0 aliphatic heterocycles. The summed E-state index contributed by atoms with van der Waals surface area (Å²) in [6.07, 6.45) is 6.44. The van der Waals surface area contributed by atoms with Gasteiger partial charge in [0.25, 0.3) is 5.56 Å². The van der Waals surface area contributed by atoms with E-state index < -0.39 is 0 Å². The van der Waals surface area contributed by atoms with E-state index in [1.54, 1.807) is 29.8 Å². The maximum Gasteiger partial charge on any atom is 0.252 e. The van der Waals surface area contributed by atoms with E-state index in [0.717, 1.165) is 49.1 Å². The summed E-state index contributed by atoms with van der Waals surface area (Å²) in [5.74, 6) is 0.643. The van der Waals surface area contributed by atoms with Gasteiger partial charge in [-0.1, -0.05) is 0 Å². The Labute approximate surface area is 210 Å². The van der Waals surface area contributed by atoms with Crippen LogP contribution in [-0.4, -0.2) is 42.3 Å². The van der Waals surface area contributed by atoms with Crippen LogP contribution in [0.25, 0.3) is 11.0 Å². The first kappa shape index (κ1) is 24.1. The maximum atomic E-state index is 14.1. The fraction of sp³-hybridized carbons (Fsp3) is 0.464. The lowest BCUT2D eigenvalue weighted by Gasteiger charge is -2.41. The number of nitrogens with zero attached hydrogens (tertiary/aromatic N) is 5. The fourth-order valence-electron chi connectivity index (χ4n) is 5.47. The third-order valence-electron chi connectivity index (χ3n) is 7.84. The van der Waals surface area contributed by atoms with Crippen molar-refractivity contribution < 1.29 is 9.13 Å². The van der Waals surface area contributed by atoms with Crippen LogP contribution in [0.3, 0.4) is 0 Å². The Hall–Kier alpha value is -3.60. The van der Waals surface area contributed by atoms with Crippen molar-refractivity contribution in [2.45, 2.75) is 50.6 Å². The zero-order valence-corrected chi connectivity index (χ0v) is 21.1. The molecule has 0 amide bonds. The van der Waals surface area contributed by atoms with Gasteiger partial charge in [-0.3, -0.25) is 4.79 Å². The van der Waals surface area contributed by atoms with Crippen molar-refractivity contribution >= 4 is 22.4 Å². The number of halogens is 1. The molecule has 0 N–H and O–H groups in total. The van der Waals surface area contributed by atoms with Crippen molar-refractivity contribution in [1.29, 1.82) is 5.26 Å². The maximum absolute atomic E-state index is 14.1. The molecule has 2 heterocycles. The highest BCUT2D eigenvalue weighted by Crippen LogP contribution is 2.38. The number of pyridine rings is 2. The molecule has 188 valence electrons. The van der Waals surface area contributed by atoms with Crippen molar-refractivity contribution in [2.75, 3.05) is 30.5 Å². The fourth-order valence-corrected chi connectivity index (χ4v) is 5.47. The number of aromatic nitrogens is 2. The van der Waals surface area contributed by atoms with Crippen molar-refractivity contribution in [2.24, 2.45) is 13.0 Å². The van der Waals surface area contributed by atoms with Crippen LogP contribution in [0.15, 0.2) is 41.2 Å². The molecule has 0 unspecified atom stereocenters. The molecule has 0 saturated heterocycles. The standard InChI is InChI=1S/C28H32FN5O2/c1-32(25-15-27(35)33(2)24-13-6-19(16-30)31-28(24)25)20-7-9-21(10-8-20)34(17-18-4-5-18)22-11-12-23(29)26(14-22)36-3/h6,11-15,18,20-21H,4-5,7-10,17H2,1-3H3/t20-,21-. The summed E-state index contributed by atoms with van der Waals surface area (Å²) in [4.78, 5) is 21.8. The van der Waals surface area contributed by atoms with Crippen LogP contribution in [0.2, 0.25) is 0 Å². The molecular weight excluding hydrogens is 457 g/mol. The number of fused-ring (bicyclic) bond motifs is 1. The number of rotatable bonds is 7. The zero-order valence-electron chi connectivity index (χ0n) is 21.1. The molecular formula is C28H32FN5O2. The molecule has 3 aromatic rings. The van der Waals surface area contributed by atoms with Crippen molar-refractivity contribution in [3.63, 3.8) is 0 Å². The first-order chi connectivity index (χ1) is 17.4. The normalized spacial score (nSPS) is 19.6. The minimum atomic E-state index is -0.340. The first-order valence-electron chi connectivity index (χ1n) is 12.6. The van der Waals surface area contributed by atoms with E-state index in [2.05, 4.69) is 20.9 Å². The predicted octanol–water partition coefficient (Wildman–Crippen LogP) is 4.62. The molecule has 2 fully saturated rings. The third kappa shape index (κ3) is 4.62. The molecule has 2 aromatic heterocycles. The van der Waals surface area contributed by atoms with Crippen molar-refractivity contribution in [3.05, 3.63) is 58.3 Å². The van der Waals surface area contributed by atoms with E-state index in [1.165, 1.54) is 26.0 Å². The topological polar surface area (TPSA) is 74.4 Å². The number of hydrogen-bond donors (Lipinski definition) is 0. The van der Waals surface area contributed by atoms with Gasteiger partial charge in [-0.05, 0) is 68.7 Å². The van der Waals surface area contributed by atoms with E-state index in [9.17, 15) is 14.4 Å². The summed E-state index contributed by atoms with van der Waals surface area (Å²) >= 11 is 0. The quantitative estimate of drug-likeness (QED) is 0.482. The van der Waals surface area contributed by atoms with Gasteiger partial charge in [0, 0.05) is 50.5 Å². The number of hydrogen-bond acceptors (Lipinski definition) is 6. The highest BCUT2D eigenvalue weighted by atomic mass is 19.1. The summed E-state index contributed by atoms with van der Waals surface area (Å²) in [6.45, 7) is 0.986. The Morgan fingerprint density at radius 1 is 1.11 bits per heavy atom. The summed E-state index contributed by atoms with van der Waals surface area (Å²) in [5.41, 5.74) is 3.43. The molecule has 2 aliphatic rings. The van der Waals surface area contributed by atoms with Crippen LogP contribution in [0.4, 0.5) is 15.8 Å². The lowest BCUT2D eigenvalue weighted by Crippen LogP contribution is -2.44. The number of benzene rings is 1. The van der Waals surface area contributed by atoms with Gasteiger partial charge >= 0.3 is 0 Å². The van der Waals surface area contributed by atoms with E-state index in [4.69, 9.17) is 4.74 Å². The average Bonchev–Trinajstić information content (AvgIpc) is 3.73. The highest BCUT2D eigenvalue weighted by molar-refractivity contribution is 5.88. The molecule has 1 aromatic carbocycles. The van der Waals surface area contributed by atoms with Gasteiger partial charge in [-0.15, -0.1) is 0 Å². The van der Waals surface area contributed by atoms with Gasteiger partial charge < -0.3 is 19.1 Å². The number of aryl methyl sites for hydroxylation is 1. The lowest BCUT2D eigenvalue weighted by molar-refractivity contribution is 0.363. The summed E-state index contributed by atoms with van der Waals surface area (Å²) in [5, 5.41) is 9.36. The highest BCUT2D eigenvalue weighted by Gasteiger charge is 2.33. The van der Waals surface area contributed by atoms with Crippen LogP contribution in [0.5, 0.6) is 5.75 Å². The smallest absolute Gasteiger partial charge is 0.252 e. The molecule has 8 heteroatoms. The summed E-state index contributed by atoms with van der Waals surface area (Å²) in [6, 6.07) is 13.0. The summed E-state index contributed by atoms with van der Waals surface area (Å²) in [7, 11) is 5.25. The second-order valence-electron chi connectivity index (χ2n) is 10.1. The molecule has 0 spiro atoms. The zero-order chi connectivity index (χ0) is 25.4. The molecule has 7 nitrogen and oxygen atoms in total. The molecule has 5 rings (SSSR count). The van der Waals surface area contributed by atoms with Crippen molar-refractivity contribution in [3.8, 4) is 11.8 Å². The Morgan fingerprint density at radius 3 is 2.50 bits per heavy atom. The Balaban J connectivity index is 1.37. The Morgan fingerprint density at radius 2 is 1.83 bits per heavy atom. The SMILES string of the molecule is COc1cc(N(CC2CC2)[C@H]2CC[C@H](N(C)c3cc(=O)n(C)c4ccc(C#N)nc34)CC2)ccc1F. The molecule has 0 bridgehead atoms. The lowest BCUT2D eigenvalue weighted by atomic mass is 9.88. The average molecular weight is 490 g/mol. The van der Waals surface area contributed by atoms with Crippen LogP contribution >= 0.6 is 0 Å². The largest absolute Gasteiger partial charge is 0.494 e. The van der Waals surface area contributed by atoms with E-state index in [1.807, 2.05) is 19.2 Å². The number of methoxy groups -OCH3 is 1. The molecule has 0 atom stereocenters. The van der Waals surface area contributed by atoms with Crippen LogP contribution in [-0.2, 0) is 7.05 Å². The third-order valence-corrected chi connectivity index (χ3v) is 7.84. The number of nitriles is 1. The van der Waals surface area contributed by atoms with Crippen LogP contribution in [0, 0.1) is 23.1 Å². The second-order valence-corrected chi connectivity index (χ2v) is 10.1. The summed E-state index contributed by atoms with van der Waals surface area (Å²) < 4.78 is 20.9. The predicted molar refractivity (Wildman–Crippen MR) is 139 cm³/mol. The van der Waals surface area contributed by atoms with Crippen LogP contribution < -0.4 is 20.1 Å². The molecule has 36 heavy (non-hydrogen) atoms. The van der Waals surface area contributed by atoms with Gasteiger partial charge in [-0.2, -0.15) is 5.26 Å². The minimum Gasteiger partial charge on any atom is -0.494 e. The Kier molecular flexibility index (Phi) is 6.57. The molecule has 2 saturated carbocycles. The minimum absolute atomic E-state index is 0.0922. The van der Waals surface area contributed by atoms with E-state index in [0.29, 0.717) is 23.2 Å². The Bertz CT molecular complexity index is 1370. The second kappa shape index (κ2) is 9.81. The molecule has 2 aliphatic carbocycles. The van der Waals surface area contributed by atoms with Crippen molar-refractivity contribution in [1.82, 2.24) is 9.55 Å². The molecule has 0 radical (unpaired) electrons. The van der Waals surface area contributed by atoms with Gasteiger partial charge in [0.15, 0.2) is 11.6 Å². The first-order valence-corrected chi connectivity index (χ1v) is 12.6.